The van der Waals surface area contributed by atoms with E-state index in [1.165, 1.54) is 0 Å². The molecule has 0 unspecified atom stereocenters. The minimum Gasteiger partial charge on any atom is -0.483 e. The molecule has 0 saturated carbocycles. The second-order valence-electron chi connectivity index (χ2n) is 5.60. The first-order valence-corrected chi connectivity index (χ1v) is 7.80. The van der Waals surface area contributed by atoms with Gasteiger partial charge in [0.05, 0.1) is 6.21 Å². The maximum absolute atomic E-state index is 11.8. The number of hydrogen-bond donors (Lipinski definition) is 1. The molecule has 2 rings (SSSR count). The van der Waals surface area contributed by atoms with Crippen molar-refractivity contribution in [3.8, 4) is 5.75 Å². The maximum atomic E-state index is 11.8. The lowest BCUT2D eigenvalue weighted by Gasteiger charge is -2.10. The van der Waals surface area contributed by atoms with Crippen LogP contribution in [-0.4, -0.2) is 18.7 Å². The lowest BCUT2D eigenvalue weighted by atomic mass is 10.1. The van der Waals surface area contributed by atoms with E-state index >= 15 is 0 Å². The number of allylic oxidation sites excluding steroid dienone is 1. The first-order chi connectivity index (χ1) is 11.6. The van der Waals surface area contributed by atoms with Gasteiger partial charge >= 0.3 is 0 Å². The molecule has 0 aliphatic rings. The minimum atomic E-state index is -0.290. The molecule has 0 aliphatic heterocycles. The number of nitrogens with one attached hydrogen (secondary N) is 1. The number of amides is 1. The standard InChI is InChI=1S/C20H22N2O2/c1-15(12-18-10-5-4-6-11-18)13-21-22-19(23)14-24-20-16(2)8-7-9-17(20)3/h4-13H,14H2,1-3H3,(H,22,23). The highest BCUT2D eigenvalue weighted by atomic mass is 16.5. The van der Waals surface area contributed by atoms with Gasteiger partial charge in [0.15, 0.2) is 6.61 Å². The van der Waals surface area contributed by atoms with Crippen molar-refractivity contribution in [1.82, 2.24) is 5.43 Å². The number of benzene rings is 2. The number of carbonyl (C=O) groups is 1. The highest BCUT2D eigenvalue weighted by Crippen LogP contribution is 2.21. The van der Waals surface area contributed by atoms with Gasteiger partial charge in [0, 0.05) is 0 Å². The Bertz CT molecular complexity index is 729. The first kappa shape index (κ1) is 17.5. The third-order valence-electron chi connectivity index (χ3n) is 3.41. The van der Waals surface area contributed by atoms with Gasteiger partial charge in [0.2, 0.25) is 0 Å². The Balaban J connectivity index is 1.84. The van der Waals surface area contributed by atoms with Crippen molar-refractivity contribution in [2.24, 2.45) is 5.10 Å². The van der Waals surface area contributed by atoms with Crippen molar-refractivity contribution >= 4 is 18.2 Å². The van der Waals surface area contributed by atoms with Crippen LogP contribution in [0.3, 0.4) is 0 Å². The van der Waals surface area contributed by atoms with E-state index in [9.17, 15) is 4.79 Å². The zero-order valence-corrected chi connectivity index (χ0v) is 14.2. The summed E-state index contributed by atoms with van der Waals surface area (Å²) in [5, 5.41) is 3.95. The largest absolute Gasteiger partial charge is 0.483 e. The van der Waals surface area contributed by atoms with Crippen molar-refractivity contribution in [3.63, 3.8) is 0 Å². The molecule has 0 spiro atoms. The van der Waals surface area contributed by atoms with Gasteiger partial charge < -0.3 is 4.74 Å². The molecule has 2 aromatic carbocycles. The van der Waals surface area contributed by atoms with Crippen LogP contribution in [0.25, 0.3) is 6.08 Å². The van der Waals surface area contributed by atoms with Crippen LogP contribution in [0.2, 0.25) is 0 Å². The number of hydrogen-bond acceptors (Lipinski definition) is 3. The van der Waals surface area contributed by atoms with Crippen LogP contribution >= 0.6 is 0 Å². The topological polar surface area (TPSA) is 50.7 Å². The van der Waals surface area contributed by atoms with Crippen LogP contribution in [0, 0.1) is 13.8 Å². The lowest BCUT2D eigenvalue weighted by Crippen LogP contribution is -2.25. The van der Waals surface area contributed by atoms with Crippen molar-refractivity contribution in [3.05, 3.63) is 70.8 Å². The van der Waals surface area contributed by atoms with Gasteiger partial charge in [-0.1, -0.05) is 54.6 Å². The van der Waals surface area contributed by atoms with E-state index in [4.69, 9.17) is 4.74 Å². The Morgan fingerprint density at radius 3 is 2.42 bits per heavy atom. The van der Waals surface area contributed by atoms with Crippen LogP contribution in [-0.2, 0) is 4.79 Å². The van der Waals surface area contributed by atoms with Crippen molar-refractivity contribution < 1.29 is 9.53 Å². The SMILES string of the molecule is CC(C=NNC(=O)COc1c(C)cccc1C)=Cc1ccccc1. The number of para-hydroxylation sites is 1. The van der Waals surface area contributed by atoms with E-state index in [1.54, 1.807) is 6.21 Å². The smallest absolute Gasteiger partial charge is 0.277 e. The van der Waals surface area contributed by atoms with E-state index in [-0.39, 0.29) is 12.5 Å². The quantitative estimate of drug-likeness (QED) is 0.648. The Kier molecular flexibility index (Phi) is 6.32. The second kappa shape index (κ2) is 8.67. The molecule has 0 heterocycles. The van der Waals surface area contributed by atoms with Gasteiger partial charge in [-0.3, -0.25) is 4.79 Å². The third-order valence-corrected chi connectivity index (χ3v) is 3.41. The fourth-order valence-corrected chi connectivity index (χ4v) is 2.25. The first-order valence-electron chi connectivity index (χ1n) is 7.80. The molecule has 2 aromatic rings. The normalized spacial score (nSPS) is 11.5. The number of rotatable bonds is 6. The third kappa shape index (κ3) is 5.39. The lowest BCUT2D eigenvalue weighted by molar-refractivity contribution is -0.123. The predicted octanol–water partition coefficient (Wildman–Crippen LogP) is 3.89. The molecule has 1 amide bonds. The number of carbonyl (C=O) groups excluding carboxylic acids is 1. The van der Waals surface area contributed by atoms with E-state index in [0.29, 0.717) is 0 Å². The molecular weight excluding hydrogens is 300 g/mol. The fourth-order valence-electron chi connectivity index (χ4n) is 2.25. The van der Waals surface area contributed by atoms with Gasteiger partial charge in [-0.2, -0.15) is 5.10 Å². The highest BCUT2D eigenvalue weighted by Gasteiger charge is 2.06. The molecule has 0 fully saturated rings. The zero-order valence-electron chi connectivity index (χ0n) is 14.2. The maximum Gasteiger partial charge on any atom is 0.277 e. The number of aryl methyl sites for hydroxylation is 2. The molecule has 4 nitrogen and oxygen atoms in total. The molecule has 0 bridgehead atoms. The summed E-state index contributed by atoms with van der Waals surface area (Å²) in [5.41, 5.74) is 6.52. The molecule has 0 aromatic heterocycles. The molecule has 124 valence electrons. The summed E-state index contributed by atoms with van der Waals surface area (Å²) >= 11 is 0. The summed E-state index contributed by atoms with van der Waals surface area (Å²) in [6, 6.07) is 15.8. The van der Waals surface area contributed by atoms with E-state index in [2.05, 4.69) is 10.5 Å². The van der Waals surface area contributed by atoms with Gasteiger partial charge in [-0.25, -0.2) is 5.43 Å². The van der Waals surface area contributed by atoms with Crippen molar-refractivity contribution in [1.29, 1.82) is 0 Å². The van der Waals surface area contributed by atoms with Crippen LogP contribution in [0.1, 0.15) is 23.6 Å². The minimum absolute atomic E-state index is 0.0650. The molecule has 4 heteroatoms. The molecular formula is C20H22N2O2. The molecule has 0 atom stereocenters. The monoisotopic (exact) mass is 322 g/mol. The molecule has 1 N–H and O–H groups in total. The number of hydrazone groups is 1. The Morgan fingerprint density at radius 1 is 1.08 bits per heavy atom. The van der Waals surface area contributed by atoms with E-state index in [1.807, 2.05) is 75.4 Å². The Labute approximate surface area is 142 Å². The van der Waals surface area contributed by atoms with Crippen LogP contribution in [0.15, 0.2) is 59.2 Å². The van der Waals surface area contributed by atoms with E-state index in [0.717, 1.165) is 28.0 Å². The highest BCUT2D eigenvalue weighted by molar-refractivity contribution is 5.86. The molecule has 0 saturated heterocycles. The summed E-state index contributed by atoms with van der Waals surface area (Å²) in [6.07, 6.45) is 3.60. The summed E-state index contributed by atoms with van der Waals surface area (Å²) in [4.78, 5) is 11.8. The second-order valence-corrected chi connectivity index (χ2v) is 5.60. The predicted molar refractivity (Wildman–Crippen MR) is 98.1 cm³/mol. The van der Waals surface area contributed by atoms with Gasteiger partial charge in [0.1, 0.15) is 5.75 Å². The summed E-state index contributed by atoms with van der Waals surface area (Å²) in [5.74, 6) is 0.457. The molecule has 0 aliphatic carbocycles. The van der Waals surface area contributed by atoms with Crippen LogP contribution < -0.4 is 10.2 Å². The molecule has 0 radical (unpaired) electrons. The van der Waals surface area contributed by atoms with Crippen LogP contribution in [0.5, 0.6) is 5.75 Å². The Morgan fingerprint density at radius 2 is 1.75 bits per heavy atom. The zero-order chi connectivity index (χ0) is 17.4. The van der Waals surface area contributed by atoms with E-state index < -0.39 is 0 Å². The fraction of sp³-hybridized carbons (Fsp3) is 0.200. The summed E-state index contributed by atoms with van der Waals surface area (Å²) in [6.45, 7) is 5.77. The average Bonchev–Trinajstić information content (AvgIpc) is 2.55. The summed E-state index contributed by atoms with van der Waals surface area (Å²) < 4.78 is 5.58. The Hall–Kier alpha value is -2.88. The molecule has 24 heavy (non-hydrogen) atoms. The number of ether oxygens (including phenoxy) is 1. The number of nitrogens with zero attached hydrogens (tertiary/aromatic N) is 1. The van der Waals surface area contributed by atoms with Crippen molar-refractivity contribution in [2.75, 3.05) is 6.61 Å². The van der Waals surface area contributed by atoms with Crippen molar-refractivity contribution in [2.45, 2.75) is 20.8 Å². The van der Waals surface area contributed by atoms with Gasteiger partial charge in [0.25, 0.3) is 5.91 Å². The summed E-state index contributed by atoms with van der Waals surface area (Å²) in [7, 11) is 0. The average molecular weight is 322 g/mol. The van der Waals surface area contributed by atoms with Gasteiger partial charge in [-0.15, -0.1) is 0 Å². The van der Waals surface area contributed by atoms with Gasteiger partial charge in [-0.05, 0) is 43.0 Å². The van der Waals surface area contributed by atoms with Crippen LogP contribution in [0.4, 0.5) is 0 Å².